The van der Waals surface area contributed by atoms with Crippen LogP contribution in [0.3, 0.4) is 0 Å². The van der Waals surface area contributed by atoms with Crippen LogP contribution >= 0.6 is 0 Å². The molecule has 1 aromatic heterocycles. The highest BCUT2D eigenvalue weighted by molar-refractivity contribution is 7.88. The number of sulfonamides is 1. The first kappa shape index (κ1) is 21.0. The van der Waals surface area contributed by atoms with Crippen LogP contribution in [0.4, 0.5) is 0 Å². The first-order chi connectivity index (χ1) is 13.2. The van der Waals surface area contributed by atoms with E-state index in [0.29, 0.717) is 37.3 Å². The van der Waals surface area contributed by atoms with Crippen LogP contribution in [-0.4, -0.2) is 54.2 Å². The fourth-order valence-corrected chi connectivity index (χ4v) is 4.42. The molecule has 1 fully saturated rings. The molecule has 0 unspecified atom stereocenters. The van der Waals surface area contributed by atoms with Gasteiger partial charge in [-0.15, -0.1) is 0 Å². The first-order valence-electron chi connectivity index (χ1n) is 9.77. The summed E-state index contributed by atoms with van der Waals surface area (Å²) in [4.78, 5) is 6.70. The summed E-state index contributed by atoms with van der Waals surface area (Å²) in [5.74, 6) is 1.98. The molecule has 1 aromatic carbocycles. The maximum absolute atomic E-state index is 11.6. The average Bonchev–Trinajstić information content (AvgIpc) is 3.10. The molecule has 1 saturated heterocycles. The molecular weight excluding hydrogens is 376 g/mol. The van der Waals surface area contributed by atoms with Gasteiger partial charge in [0.05, 0.1) is 12.8 Å². The lowest BCUT2D eigenvalue weighted by molar-refractivity contribution is 0.258. The maximum Gasteiger partial charge on any atom is 0.240 e. The van der Waals surface area contributed by atoms with Gasteiger partial charge in [0.2, 0.25) is 15.9 Å². The van der Waals surface area contributed by atoms with Crippen molar-refractivity contribution in [2.45, 2.75) is 51.6 Å². The second-order valence-electron chi connectivity index (χ2n) is 8.05. The largest absolute Gasteiger partial charge is 0.338 e. The summed E-state index contributed by atoms with van der Waals surface area (Å²) in [6.07, 6.45) is 2.71. The predicted octanol–water partition coefficient (Wildman–Crippen LogP) is 2.96. The van der Waals surface area contributed by atoms with Crippen molar-refractivity contribution < 1.29 is 12.9 Å². The number of piperidine rings is 1. The monoisotopic (exact) mass is 406 g/mol. The van der Waals surface area contributed by atoms with Crippen molar-refractivity contribution >= 4 is 10.0 Å². The predicted molar refractivity (Wildman–Crippen MR) is 108 cm³/mol. The average molecular weight is 407 g/mol. The minimum absolute atomic E-state index is 0.157. The summed E-state index contributed by atoms with van der Waals surface area (Å²) in [5.41, 5.74) is 2.59. The molecule has 0 bridgehead atoms. The molecule has 1 aliphatic rings. The Kier molecular flexibility index (Phi) is 6.52. The molecule has 1 aliphatic heterocycles. The highest BCUT2D eigenvalue weighted by atomic mass is 32.2. The lowest BCUT2D eigenvalue weighted by atomic mass is 9.98. The third-order valence-electron chi connectivity index (χ3n) is 5.28. The van der Waals surface area contributed by atoms with E-state index in [2.05, 4.69) is 53.2 Å². The lowest BCUT2D eigenvalue weighted by Gasteiger charge is -2.28. The fourth-order valence-electron chi connectivity index (χ4n) is 3.55. The SMILES string of the molecule is CC(C)c1ccc(CN(C)Cc2nc(C3CCN(S(C)(=O)=O)CC3)no2)cc1. The van der Waals surface area contributed by atoms with E-state index >= 15 is 0 Å². The fraction of sp³-hybridized carbons (Fsp3) is 0.600. The number of benzene rings is 1. The Balaban J connectivity index is 1.53. The zero-order valence-corrected chi connectivity index (χ0v) is 17.9. The molecule has 2 aromatic rings. The van der Waals surface area contributed by atoms with Gasteiger partial charge in [-0.3, -0.25) is 4.90 Å². The molecule has 0 N–H and O–H groups in total. The second kappa shape index (κ2) is 8.71. The molecule has 154 valence electrons. The minimum atomic E-state index is -3.12. The number of aromatic nitrogens is 2. The Bertz CT molecular complexity index is 869. The van der Waals surface area contributed by atoms with Crippen molar-refractivity contribution in [1.29, 1.82) is 0 Å². The summed E-state index contributed by atoms with van der Waals surface area (Å²) in [5, 5.41) is 4.14. The third kappa shape index (κ3) is 5.40. The molecule has 0 atom stereocenters. The van der Waals surface area contributed by atoms with Crippen LogP contribution in [0.15, 0.2) is 28.8 Å². The summed E-state index contributed by atoms with van der Waals surface area (Å²) >= 11 is 0. The van der Waals surface area contributed by atoms with E-state index in [1.807, 2.05) is 7.05 Å². The van der Waals surface area contributed by atoms with Crippen molar-refractivity contribution in [2.75, 3.05) is 26.4 Å². The molecule has 0 spiro atoms. The Morgan fingerprint density at radius 2 is 1.82 bits per heavy atom. The number of rotatable bonds is 7. The van der Waals surface area contributed by atoms with Gasteiger partial charge in [-0.25, -0.2) is 12.7 Å². The van der Waals surface area contributed by atoms with Gasteiger partial charge < -0.3 is 4.52 Å². The van der Waals surface area contributed by atoms with Crippen LogP contribution in [-0.2, 0) is 23.1 Å². The second-order valence-corrected chi connectivity index (χ2v) is 10.0. The van der Waals surface area contributed by atoms with Crippen LogP contribution < -0.4 is 0 Å². The summed E-state index contributed by atoms with van der Waals surface area (Å²) in [7, 11) is -1.08. The zero-order valence-electron chi connectivity index (χ0n) is 17.1. The van der Waals surface area contributed by atoms with E-state index in [0.717, 1.165) is 19.4 Å². The Morgan fingerprint density at radius 1 is 1.18 bits per heavy atom. The molecule has 0 amide bonds. The summed E-state index contributed by atoms with van der Waals surface area (Å²) < 4.78 is 30.2. The quantitative estimate of drug-likeness (QED) is 0.703. The molecule has 0 saturated carbocycles. The van der Waals surface area contributed by atoms with Gasteiger partial charge in [0.1, 0.15) is 0 Å². The minimum Gasteiger partial charge on any atom is -0.338 e. The van der Waals surface area contributed by atoms with Crippen molar-refractivity contribution in [3.8, 4) is 0 Å². The van der Waals surface area contributed by atoms with E-state index in [9.17, 15) is 8.42 Å². The lowest BCUT2D eigenvalue weighted by Crippen LogP contribution is -2.37. The van der Waals surface area contributed by atoms with Crippen LogP contribution in [0.1, 0.15) is 61.4 Å². The van der Waals surface area contributed by atoms with E-state index < -0.39 is 10.0 Å². The Labute approximate surface area is 167 Å². The Hall–Kier alpha value is -1.77. The van der Waals surface area contributed by atoms with Gasteiger partial charge in [0, 0.05) is 25.6 Å². The highest BCUT2D eigenvalue weighted by Crippen LogP contribution is 2.27. The number of nitrogens with zero attached hydrogens (tertiary/aromatic N) is 4. The molecule has 0 aliphatic carbocycles. The van der Waals surface area contributed by atoms with Gasteiger partial charge in [0.15, 0.2) is 5.82 Å². The number of hydrogen-bond donors (Lipinski definition) is 0. The zero-order chi connectivity index (χ0) is 20.3. The molecule has 3 rings (SSSR count). The van der Waals surface area contributed by atoms with Gasteiger partial charge in [-0.2, -0.15) is 4.98 Å². The van der Waals surface area contributed by atoms with Gasteiger partial charge in [0.25, 0.3) is 0 Å². The smallest absolute Gasteiger partial charge is 0.240 e. The van der Waals surface area contributed by atoms with Crippen LogP contribution in [0.2, 0.25) is 0 Å². The summed E-state index contributed by atoms with van der Waals surface area (Å²) in [6.45, 7) is 6.81. The standard InChI is InChI=1S/C20H30N4O3S/c1-15(2)17-7-5-16(6-8-17)13-23(3)14-19-21-20(22-27-19)18-9-11-24(12-10-18)28(4,25)26/h5-8,15,18H,9-14H2,1-4H3. The van der Waals surface area contributed by atoms with E-state index in [1.54, 1.807) is 0 Å². The summed E-state index contributed by atoms with van der Waals surface area (Å²) in [6, 6.07) is 8.70. The number of hydrogen-bond acceptors (Lipinski definition) is 6. The molecule has 7 nitrogen and oxygen atoms in total. The molecule has 2 heterocycles. The maximum atomic E-state index is 11.6. The highest BCUT2D eigenvalue weighted by Gasteiger charge is 2.28. The van der Waals surface area contributed by atoms with E-state index in [4.69, 9.17) is 4.52 Å². The molecular formula is C20H30N4O3S. The van der Waals surface area contributed by atoms with Crippen LogP contribution in [0.25, 0.3) is 0 Å². The van der Waals surface area contributed by atoms with Gasteiger partial charge >= 0.3 is 0 Å². The van der Waals surface area contributed by atoms with Crippen LogP contribution in [0.5, 0.6) is 0 Å². The molecule has 0 radical (unpaired) electrons. The van der Waals surface area contributed by atoms with Crippen molar-refractivity contribution in [2.24, 2.45) is 0 Å². The van der Waals surface area contributed by atoms with Gasteiger partial charge in [-0.1, -0.05) is 43.3 Å². The van der Waals surface area contributed by atoms with Crippen molar-refractivity contribution in [3.63, 3.8) is 0 Å². The molecule has 8 heteroatoms. The van der Waals surface area contributed by atoms with Crippen molar-refractivity contribution in [1.82, 2.24) is 19.3 Å². The third-order valence-corrected chi connectivity index (χ3v) is 6.58. The van der Waals surface area contributed by atoms with E-state index in [-0.39, 0.29) is 5.92 Å². The topological polar surface area (TPSA) is 79.5 Å². The van der Waals surface area contributed by atoms with Crippen molar-refractivity contribution in [3.05, 3.63) is 47.1 Å². The molecule has 28 heavy (non-hydrogen) atoms. The van der Waals surface area contributed by atoms with Gasteiger partial charge in [-0.05, 0) is 36.9 Å². The first-order valence-corrected chi connectivity index (χ1v) is 11.6. The van der Waals surface area contributed by atoms with Crippen LogP contribution in [0, 0.1) is 0 Å². The van der Waals surface area contributed by atoms with E-state index in [1.165, 1.54) is 21.7 Å². The Morgan fingerprint density at radius 3 is 2.39 bits per heavy atom. The normalized spacial score (nSPS) is 16.9.